The highest BCUT2D eigenvalue weighted by Gasteiger charge is 2.29. The van der Waals surface area contributed by atoms with Gasteiger partial charge in [-0.1, -0.05) is 12.1 Å². The van der Waals surface area contributed by atoms with Crippen LogP contribution in [0.5, 0.6) is 0 Å². The standard InChI is InChI=1S/C10H10FNO/c11-8-3-1-2-4-9(8)12-10(13)7-5-6-7/h1-4,7H,5-6H2,(H,12,13). The largest absolute Gasteiger partial charge is 0.323 e. The van der Waals surface area contributed by atoms with Gasteiger partial charge in [0.15, 0.2) is 0 Å². The lowest BCUT2D eigenvalue weighted by Crippen LogP contribution is -2.14. The van der Waals surface area contributed by atoms with E-state index in [0.29, 0.717) is 0 Å². The van der Waals surface area contributed by atoms with E-state index in [2.05, 4.69) is 5.32 Å². The van der Waals surface area contributed by atoms with E-state index in [1.165, 1.54) is 6.07 Å². The minimum atomic E-state index is -0.378. The topological polar surface area (TPSA) is 29.1 Å². The first-order chi connectivity index (χ1) is 6.27. The lowest BCUT2D eigenvalue weighted by Gasteiger charge is -2.04. The van der Waals surface area contributed by atoms with Gasteiger partial charge in [0.1, 0.15) is 5.82 Å². The summed E-state index contributed by atoms with van der Waals surface area (Å²) in [6.45, 7) is 0. The summed E-state index contributed by atoms with van der Waals surface area (Å²) in [6, 6.07) is 6.20. The van der Waals surface area contributed by atoms with Crippen molar-refractivity contribution in [3.05, 3.63) is 30.1 Å². The monoisotopic (exact) mass is 179 g/mol. The predicted molar refractivity (Wildman–Crippen MR) is 47.8 cm³/mol. The Hall–Kier alpha value is -1.38. The van der Waals surface area contributed by atoms with Crippen molar-refractivity contribution in [1.29, 1.82) is 0 Å². The molecule has 3 heteroatoms. The zero-order valence-electron chi connectivity index (χ0n) is 7.09. The lowest BCUT2D eigenvalue weighted by molar-refractivity contribution is -0.117. The summed E-state index contributed by atoms with van der Waals surface area (Å²) < 4.78 is 13.0. The molecular formula is C10H10FNO. The lowest BCUT2D eigenvalue weighted by atomic mass is 10.3. The van der Waals surface area contributed by atoms with Crippen molar-refractivity contribution in [2.24, 2.45) is 5.92 Å². The number of carbonyl (C=O) groups is 1. The SMILES string of the molecule is O=C(Nc1ccccc1F)C1CC1. The van der Waals surface area contributed by atoms with Crippen LogP contribution in [0.1, 0.15) is 12.8 Å². The highest BCUT2D eigenvalue weighted by atomic mass is 19.1. The number of hydrogen-bond acceptors (Lipinski definition) is 1. The first-order valence-electron chi connectivity index (χ1n) is 4.33. The van der Waals surface area contributed by atoms with Crippen molar-refractivity contribution >= 4 is 11.6 Å². The van der Waals surface area contributed by atoms with Gasteiger partial charge in [-0.2, -0.15) is 0 Å². The van der Waals surface area contributed by atoms with Gasteiger partial charge >= 0.3 is 0 Å². The number of halogens is 1. The zero-order chi connectivity index (χ0) is 9.26. The van der Waals surface area contributed by atoms with Gasteiger partial charge in [-0.3, -0.25) is 4.79 Å². The van der Waals surface area contributed by atoms with Crippen LogP contribution < -0.4 is 5.32 Å². The number of rotatable bonds is 2. The summed E-state index contributed by atoms with van der Waals surface area (Å²) in [5.41, 5.74) is 0.277. The fourth-order valence-electron chi connectivity index (χ4n) is 1.14. The maximum atomic E-state index is 13.0. The molecule has 0 aliphatic heterocycles. The van der Waals surface area contributed by atoms with E-state index >= 15 is 0 Å². The van der Waals surface area contributed by atoms with Gasteiger partial charge in [-0.05, 0) is 25.0 Å². The number of amides is 1. The third-order valence-electron chi connectivity index (χ3n) is 2.08. The molecule has 0 saturated heterocycles. The first kappa shape index (κ1) is 8.23. The second-order valence-electron chi connectivity index (χ2n) is 3.24. The van der Waals surface area contributed by atoms with Crippen LogP contribution in [0.4, 0.5) is 10.1 Å². The van der Waals surface area contributed by atoms with E-state index in [9.17, 15) is 9.18 Å². The minimum absolute atomic E-state index is 0.0647. The summed E-state index contributed by atoms with van der Waals surface area (Å²) in [4.78, 5) is 11.2. The Morgan fingerprint density at radius 1 is 1.38 bits per heavy atom. The minimum Gasteiger partial charge on any atom is -0.323 e. The maximum Gasteiger partial charge on any atom is 0.227 e. The van der Waals surface area contributed by atoms with E-state index in [1.807, 2.05) is 0 Å². The van der Waals surface area contributed by atoms with Crippen LogP contribution in [0.3, 0.4) is 0 Å². The molecule has 1 fully saturated rings. The third kappa shape index (κ3) is 1.86. The molecule has 1 aromatic rings. The molecule has 2 rings (SSSR count). The van der Waals surface area contributed by atoms with Crippen LogP contribution in [-0.2, 0) is 4.79 Å². The molecule has 0 aromatic heterocycles. The average molecular weight is 179 g/mol. The molecule has 2 nitrogen and oxygen atoms in total. The summed E-state index contributed by atoms with van der Waals surface area (Å²) in [5, 5.41) is 2.56. The molecule has 1 aromatic carbocycles. The Morgan fingerprint density at radius 2 is 2.08 bits per heavy atom. The van der Waals surface area contributed by atoms with Crippen LogP contribution in [-0.4, -0.2) is 5.91 Å². The van der Waals surface area contributed by atoms with Crippen molar-refractivity contribution in [1.82, 2.24) is 0 Å². The van der Waals surface area contributed by atoms with Crippen molar-refractivity contribution in [3.63, 3.8) is 0 Å². The molecule has 1 saturated carbocycles. The Labute approximate surface area is 75.8 Å². The van der Waals surface area contributed by atoms with Gasteiger partial charge in [0.2, 0.25) is 5.91 Å². The highest BCUT2D eigenvalue weighted by molar-refractivity contribution is 5.94. The van der Waals surface area contributed by atoms with Crippen LogP contribution in [0.25, 0.3) is 0 Å². The molecule has 13 heavy (non-hydrogen) atoms. The summed E-state index contributed by atoms with van der Waals surface area (Å²) in [6.07, 6.45) is 1.86. The fraction of sp³-hybridized carbons (Fsp3) is 0.300. The van der Waals surface area contributed by atoms with E-state index in [-0.39, 0.29) is 23.3 Å². The first-order valence-corrected chi connectivity index (χ1v) is 4.33. The second-order valence-corrected chi connectivity index (χ2v) is 3.24. The number of hydrogen-bond donors (Lipinski definition) is 1. The Bertz CT molecular complexity index is 333. The van der Waals surface area contributed by atoms with Crippen molar-refractivity contribution in [2.75, 3.05) is 5.32 Å². The second kappa shape index (κ2) is 3.17. The van der Waals surface area contributed by atoms with E-state index < -0.39 is 0 Å². The van der Waals surface area contributed by atoms with Gasteiger partial charge in [-0.15, -0.1) is 0 Å². The molecule has 1 aliphatic rings. The smallest absolute Gasteiger partial charge is 0.227 e. The molecule has 1 amide bonds. The molecular weight excluding hydrogens is 169 g/mol. The van der Waals surface area contributed by atoms with Crippen molar-refractivity contribution in [3.8, 4) is 0 Å². The maximum absolute atomic E-state index is 13.0. The van der Waals surface area contributed by atoms with Crippen LogP contribution in [0.2, 0.25) is 0 Å². The molecule has 1 aliphatic carbocycles. The van der Waals surface area contributed by atoms with Gasteiger partial charge < -0.3 is 5.32 Å². The number of nitrogens with one attached hydrogen (secondary N) is 1. The zero-order valence-corrected chi connectivity index (χ0v) is 7.09. The number of carbonyl (C=O) groups excluding carboxylic acids is 1. The summed E-state index contributed by atoms with van der Waals surface area (Å²) in [5.74, 6) is -0.332. The quantitative estimate of drug-likeness (QED) is 0.740. The van der Waals surface area contributed by atoms with E-state index in [4.69, 9.17) is 0 Å². The number of anilines is 1. The van der Waals surface area contributed by atoms with Crippen LogP contribution >= 0.6 is 0 Å². The third-order valence-corrected chi connectivity index (χ3v) is 2.08. The van der Waals surface area contributed by atoms with Crippen molar-refractivity contribution < 1.29 is 9.18 Å². The van der Waals surface area contributed by atoms with Gasteiger partial charge in [-0.25, -0.2) is 4.39 Å². The van der Waals surface area contributed by atoms with E-state index in [1.54, 1.807) is 18.2 Å². The van der Waals surface area contributed by atoms with E-state index in [0.717, 1.165) is 12.8 Å². The van der Waals surface area contributed by atoms with Crippen LogP contribution in [0.15, 0.2) is 24.3 Å². The molecule has 0 radical (unpaired) electrons. The van der Waals surface area contributed by atoms with Gasteiger partial charge in [0.05, 0.1) is 5.69 Å². The molecule has 1 N–H and O–H groups in total. The molecule has 0 spiro atoms. The summed E-state index contributed by atoms with van der Waals surface area (Å²) >= 11 is 0. The Morgan fingerprint density at radius 3 is 2.69 bits per heavy atom. The molecule has 68 valence electrons. The Kier molecular flexibility index (Phi) is 2.00. The molecule has 0 bridgehead atoms. The molecule has 0 atom stereocenters. The molecule has 0 heterocycles. The number of para-hydroxylation sites is 1. The summed E-state index contributed by atoms with van der Waals surface area (Å²) in [7, 11) is 0. The predicted octanol–water partition coefficient (Wildman–Crippen LogP) is 2.17. The highest BCUT2D eigenvalue weighted by Crippen LogP contribution is 2.30. The van der Waals surface area contributed by atoms with Gasteiger partial charge in [0.25, 0.3) is 0 Å². The van der Waals surface area contributed by atoms with Crippen molar-refractivity contribution in [2.45, 2.75) is 12.8 Å². The Balaban J connectivity index is 2.08. The number of benzene rings is 1. The normalized spacial score (nSPS) is 15.5. The van der Waals surface area contributed by atoms with Crippen LogP contribution in [0, 0.1) is 11.7 Å². The molecule has 0 unspecified atom stereocenters. The van der Waals surface area contributed by atoms with Gasteiger partial charge in [0, 0.05) is 5.92 Å². The average Bonchev–Trinajstić information content (AvgIpc) is 2.91. The fourth-order valence-corrected chi connectivity index (χ4v) is 1.14.